The van der Waals surface area contributed by atoms with Crippen molar-refractivity contribution in [3.05, 3.63) is 68.9 Å². The van der Waals surface area contributed by atoms with Gasteiger partial charge in [0, 0.05) is 13.6 Å². The molecule has 0 bridgehead atoms. The quantitative estimate of drug-likeness (QED) is 0.639. The zero-order valence-corrected chi connectivity index (χ0v) is 17.1. The van der Waals surface area contributed by atoms with Gasteiger partial charge < -0.3 is 0 Å². The molecule has 4 rings (SSSR count). The van der Waals surface area contributed by atoms with Crippen molar-refractivity contribution in [1.82, 2.24) is 18.7 Å². The van der Waals surface area contributed by atoms with Crippen molar-refractivity contribution in [1.29, 1.82) is 0 Å². The molecule has 3 heterocycles. The van der Waals surface area contributed by atoms with E-state index in [-0.39, 0.29) is 18.1 Å². The first kappa shape index (κ1) is 18.9. The molecule has 0 saturated carbocycles. The molecule has 0 spiro atoms. The van der Waals surface area contributed by atoms with Crippen LogP contribution >= 0.6 is 0 Å². The maximum absolute atomic E-state index is 13.2. The molecule has 1 aliphatic rings. The molecule has 1 atom stereocenters. The maximum atomic E-state index is 13.2. The van der Waals surface area contributed by atoms with Gasteiger partial charge >= 0.3 is 5.69 Å². The van der Waals surface area contributed by atoms with E-state index in [1.807, 2.05) is 25.3 Å². The highest BCUT2D eigenvalue weighted by Gasteiger charge is 2.30. The number of allylic oxidation sites excluding steroid dienone is 1. The van der Waals surface area contributed by atoms with E-state index >= 15 is 0 Å². The molecule has 0 fully saturated rings. The number of benzene rings is 1. The molecule has 3 aromatic rings. The minimum Gasteiger partial charge on any atom is -0.294 e. The van der Waals surface area contributed by atoms with Crippen LogP contribution in [0.15, 0.2) is 51.6 Å². The minimum absolute atomic E-state index is 0.147. The molecule has 0 aliphatic carbocycles. The smallest absolute Gasteiger partial charge is 0.294 e. The molecule has 0 N–H and O–H groups in total. The van der Waals surface area contributed by atoms with Crippen LogP contribution in [0.1, 0.15) is 31.0 Å². The summed E-state index contributed by atoms with van der Waals surface area (Å²) < 4.78 is 4.48. The predicted octanol–water partition coefficient (Wildman–Crippen LogP) is 2.35. The standard InChI is InChI=1S/C21H24N6O2/c1-6-11-25-19(28)17-18(24(5)21(25)29)22-20-26(23-14(3)15(4)27(17)20)12-16-9-7-13(2)8-10-16/h6-10,15H,1,11-12H2,2-5H3/t15-/m0/s1. The summed E-state index contributed by atoms with van der Waals surface area (Å²) in [7, 11) is 1.63. The lowest BCUT2D eigenvalue weighted by atomic mass is 10.1. The first-order valence-electron chi connectivity index (χ1n) is 9.54. The Balaban J connectivity index is 1.95. The lowest BCUT2D eigenvalue weighted by Gasteiger charge is -2.29. The van der Waals surface area contributed by atoms with Crippen molar-refractivity contribution in [2.45, 2.75) is 39.9 Å². The van der Waals surface area contributed by atoms with Gasteiger partial charge in [-0.1, -0.05) is 35.9 Å². The largest absolute Gasteiger partial charge is 0.332 e. The van der Waals surface area contributed by atoms with Crippen LogP contribution < -0.4 is 16.3 Å². The molecular weight excluding hydrogens is 368 g/mol. The lowest BCUT2D eigenvalue weighted by Crippen LogP contribution is -2.40. The fraction of sp³-hybridized carbons (Fsp3) is 0.333. The van der Waals surface area contributed by atoms with Gasteiger partial charge in [-0.2, -0.15) is 10.1 Å². The molecule has 0 unspecified atom stereocenters. The first-order chi connectivity index (χ1) is 13.8. The van der Waals surface area contributed by atoms with Gasteiger partial charge in [-0.15, -0.1) is 6.58 Å². The molecule has 1 aliphatic heterocycles. The number of aryl methyl sites for hydroxylation is 2. The highest BCUT2D eigenvalue weighted by atomic mass is 16.2. The molecule has 2 aromatic heterocycles. The van der Waals surface area contributed by atoms with Crippen molar-refractivity contribution in [2.75, 3.05) is 5.01 Å². The van der Waals surface area contributed by atoms with E-state index < -0.39 is 5.69 Å². The summed E-state index contributed by atoms with van der Waals surface area (Å²) in [5.74, 6) is 0.558. The zero-order chi connectivity index (χ0) is 20.9. The average molecular weight is 392 g/mol. The molecule has 0 saturated heterocycles. The Morgan fingerprint density at radius 2 is 1.86 bits per heavy atom. The van der Waals surface area contributed by atoms with E-state index in [1.165, 1.54) is 14.7 Å². The number of fused-ring (bicyclic) bond motifs is 3. The summed E-state index contributed by atoms with van der Waals surface area (Å²) in [6.07, 6.45) is 1.54. The maximum Gasteiger partial charge on any atom is 0.332 e. The second-order valence-electron chi connectivity index (χ2n) is 7.46. The van der Waals surface area contributed by atoms with Gasteiger partial charge in [-0.25, -0.2) is 9.80 Å². The second kappa shape index (κ2) is 6.88. The van der Waals surface area contributed by atoms with Crippen LogP contribution in [0.4, 0.5) is 5.95 Å². The number of hydrogen-bond acceptors (Lipinski definition) is 5. The summed E-state index contributed by atoms with van der Waals surface area (Å²) >= 11 is 0. The highest BCUT2D eigenvalue weighted by Crippen LogP contribution is 2.30. The minimum atomic E-state index is -0.409. The number of aromatic nitrogens is 4. The Morgan fingerprint density at radius 3 is 2.52 bits per heavy atom. The lowest BCUT2D eigenvalue weighted by molar-refractivity contribution is 0.629. The first-order valence-corrected chi connectivity index (χ1v) is 9.54. The number of hydrazone groups is 1. The van der Waals surface area contributed by atoms with Crippen molar-refractivity contribution < 1.29 is 0 Å². The van der Waals surface area contributed by atoms with Crippen molar-refractivity contribution in [3.63, 3.8) is 0 Å². The van der Waals surface area contributed by atoms with E-state index in [2.05, 4.69) is 35.8 Å². The normalized spacial score (nSPS) is 16.1. The molecule has 0 amide bonds. The van der Waals surface area contributed by atoms with E-state index in [1.54, 1.807) is 18.1 Å². The zero-order valence-electron chi connectivity index (χ0n) is 17.1. The Bertz CT molecular complexity index is 1260. The van der Waals surface area contributed by atoms with Gasteiger partial charge in [0.2, 0.25) is 5.95 Å². The third-order valence-corrected chi connectivity index (χ3v) is 5.42. The van der Waals surface area contributed by atoms with Gasteiger partial charge in [0.1, 0.15) is 0 Å². The summed E-state index contributed by atoms with van der Waals surface area (Å²) in [6, 6.07) is 8.07. The topological polar surface area (TPSA) is 77.4 Å². The molecule has 150 valence electrons. The molecule has 1 aromatic carbocycles. The van der Waals surface area contributed by atoms with Crippen LogP contribution in [0, 0.1) is 6.92 Å². The predicted molar refractivity (Wildman–Crippen MR) is 115 cm³/mol. The molecule has 8 nitrogen and oxygen atoms in total. The van der Waals surface area contributed by atoms with Crippen molar-refractivity contribution >= 4 is 22.8 Å². The highest BCUT2D eigenvalue weighted by molar-refractivity contribution is 5.91. The number of rotatable bonds is 4. The Hall–Kier alpha value is -3.42. The fourth-order valence-electron chi connectivity index (χ4n) is 3.65. The number of anilines is 1. The Kier molecular flexibility index (Phi) is 4.49. The summed E-state index contributed by atoms with van der Waals surface area (Å²) in [6.45, 7) is 10.3. The van der Waals surface area contributed by atoms with Gasteiger partial charge in [-0.3, -0.25) is 18.5 Å². The molecule has 8 heteroatoms. The van der Waals surface area contributed by atoms with Crippen LogP contribution in [-0.2, 0) is 20.1 Å². The van der Waals surface area contributed by atoms with Gasteiger partial charge in [-0.05, 0) is 26.3 Å². The average Bonchev–Trinajstić information content (AvgIpc) is 3.10. The Labute approximate surface area is 168 Å². The fourth-order valence-corrected chi connectivity index (χ4v) is 3.65. The molecular formula is C21H24N6O2. The van der Waals surface area contributed by atoms with E-state index in [0.717, 1.165) is 11.3 Å². The van der Waals surface area contributed by atoms with Crippen LogP contribution in [0.5, 0.6) is 0 Å². The number of nitrogens with zero attached hydrogens (tertiary/aromatic N) is 6. The van der Waals surface area contributed by atoms with Gasteiger partial charge in [0.25, 0.3) is 5.56 Å². The SMILES string of the molecule is C=CCn1c(=O)c2c(nc3n2[C@@H](C)C(C)=NN3Cc2ccc(C)cc2)n(C)c1=O. The van der Waals surface area contributed by atoms with E-state index in [0.29, 0.717) is 23.7 Å². The van der Waals surface area contributed by atoms with Crippen LogP contribution in [0.25, 0.3) is 11.2 Å². The van der Waals surface area contributed by atoms with Gasteiger partial charge in [0.15, 0.2) is 11.2 Å². The van der Waals surface area contributed by atoms with Crippen molar-refractivity contribution in [2.24, 2.45) is 12.1 Å². The molecule has 29 heavy (non-hydrogen) atoms. The summed E-state index contributed by atoms with van der Waals surface area (Å²) in [5.41, 5.74) is 3.13. The Morgan fingerprint density at radius 1 is 1.17 bits per heavy atom. The van der Waals surface area contributed by atoms with Crippen LogP contribution in [-0.4, -0.2) is 24.4 Å². The number of hydrogen-bond donors (Lipinski definition) is 0. The van der Waals surface area contributed by atoms with Crippen LogP contribution in [0.3, 0.4) is 0 Å². The van der Waals surface area contributed by atoms with Crippen LogP contribution in [0.2, 0.25) is 0 Å². The van der Waals surface area contributed by atoms with E-state index in [4.69, 9.17) is 5.10 Å². The molecule has 0 radical (unpaired) electrons. The monoisotopic (exact) mass is 392 g/mol. The third kappa shape index (κ3) is 2.91. The van der Waals surface area contributed by atoms with E-state index in [9.17, 15) is 9.59 Å². The third-order valence-electron chi connectivity index (χ3n) is 5.42. The summed E-state index contributed by atoms with van der Waals surface area (Å²) in [5, 5.41) is 6.51. The van der Waals surface area contributed by atoms with Crippen molar-refractivity contribution in [3.8, 4) is 0 Å². The summed E-state index contributed by atoms with van der Waals surface area (Å²) in [4.78, 5) is 30.5. The van der Waals surface area contributed by atoms with Gasteiger partial charge in [0.05, 0.1) is 18.3 Å². The number of imidazole rings is 1. The second-order valence-corrected chi connectivity index (χ2v) is 7.46.